The molecule has 1 aliphatic heterocycles. The Balaban J connectivity index is 1.36. The highest BCUT2D eigenvalue weighted by atomic mass is 16.2. The highest BCUT2D eigenvalue weighted by molar-refractivity contribution is 6.04. The highest BCUT2D eigenvalue weighted by Crippen LogP contribution is 2.17. The third-order valence-corrected chi connectivity index (χ3v) is 4.97. The number of nitrogens with one attached hydrogen (secondary N) is 2. The molecule has 4 rings (SSSR count). The van der Waals surface area contributed by atoms with Gasteiger partial charge in [0.05, 0.1) is 6.42 Å². The molecule has 3 aromatic rings. The molecule has 7 nitrogen and oxygen atoms in total. The van der Waals surface area contributed by atoms with Gasteiger partial charge in [-0.05, 0) is 54.8 Å². The van der Waals surface area contributed by atoms with E-state index in [4.69, 9.17) is 0 Å². The van der Waals surface area contributed by atoms with Crippen molar-refractivity contribution in [2.24, 2.45) is 0 Å². The molecule has 1 aliphatic rings. The van der Waals surface area contributed by atoms with E-state index in [0.717, 1.165) is 37.2 Å². The maximum atomic E-state index is 12.6. The first-order chi connectivity index (χ1) is 14.7. The molecule has 7 heteroatoms. The first-order valence-electron chi connectivity index (χ1n) is 9.99. The largest absolute Gasteiger partial charge is 0.342 e. The molecule has 1 fully saturated rings. The van der Waals surface area contributed by atoms with E-state index in [0.29, 0.717) is 23.6 Å². The first kappa shape index (κ1) is 19.6. The van der Waals surface area contributed by atoms with Crippen LogP contribution in [0.1, 0.15) is 28.8 Å². The first-order valence-corrected chi connectivity index (χ1v) is 9.99. The minimum absolute atomic E-state index is 0.163. The van der Waals surface area contributed by atoms with Gasteiger partial charge in [0.15, 0.2) is 0 Å². The van der Waals surface area contributed by atoms with E-state index >= 15 is 0 Å². The second-order valence-electron chi connectivity index (χ2n) is 7.19. The van der Waals surface area contributed by atoms with Crippen molar-refractivity contribution in [1.29, 1.82) is 0 Å². The Morgan fingerprint density at radius 2 is 1.63 bits per heavy atom. The molecule has 0 saturated carbocycles. The summed E-state index contributed by atoms with van der Waals surface area (Å²) in [7, 11) is 0. The van der Waals surface area contributed by atoms with Crippen LogP contribution in [0.25, 0.3) is 0 Å². The smallest absolute Gasteiger partial charge is 0.255 e. The van der Waals surface area contributed by atoms with Crippen LogP contribution in [-0.2, 0) is 11.2 Å². The van der Waals surface area contributed by atoms with Gasteiger partial charge in [-0.2, -0.15) is 0 Å². The van der Waals surface area contributed by atoms with Crippen molar-refractivity contribution in [2.75, 3.05) is 23.7 Å². The van der Waals surface area contributed by atoms with Crippen LogP contribution >= 0.6 is 0 Å². The molecule has 0 aliphatic carbocycles. The van der Waals surface area contributed by atoms with E-state index < -0.39 is 0 Å². The van der Waals surface area contributed by atoms with Crippen molar-refractivity contribution >= 4 is 29.1 Å². The molecule has 0 radical (unpaired) electrons. The molecular formula is C23H23N5O2. The van der Waals surface area contributed by atoms with E-state index in [2.05, 4.69) is 20.6 Å². The predicted molar refractivity (Wildman–Crippen MR) is 116 cm³/mol. The molecular weight excluding hydrogens is 378 g/mol. The van der Waals surface area contributed by atoms with E-state index in [1.165, 1.54) is 0 Å². The molecule has 0 atom stereocenters. The minimum atomic E-state index is -0.214. The Kier molecular flexibility index (Phi) is 5.98. The third kappa shape index (κ3) is 5.00. The van der Waals surface area contributed by atoms with E-state index in [1.807, 2.05) is 35.2 Å². The van der Waals surface area contributed by atoms with Gasteiger partial charge in [0.25, 0.3) is 5.91 Å². The van der Waals surface area contributed by atoms with Crippen molar-refractivity contribution in [3.63, 3.8) is 0 Å². The number of nitrogens with zero attached hydrogens (tertiary/aromatic N) is 3. The summed E-state index contributed by atoms with van der Waals surface area (Å²) in [6, 6.07) is 16.3. The second kappa shape index (κ2) is 9.17. The van der Waals surface area contributed by atoms with Crippen molar-refractivity contribution in [3.05, 3.63) is 78.1 Å². The lowest BCUT2D eigenvalue weighted by Crippen LogP contribution is -2.29. The lowest BCUT2D eigenvalue weighted by atomic mass is 10.1. The minimum Gasteiger partial charge on any atom is -0.342 e. The second-order valence-corrected chi connectivity index (χ2v) is 7.19. The number of rotatable bonds is 6. The number of amides is 2. The maximum Gasteiger partial charge on any atom is 0.255 e. The van der Waals surface area contributed by atoms with Gasteiger partial charge in [-0.3, -0.25) is 9.59 Å². The molecule has 1 saturated heterocycles. The zero-order chi connectivity index (χ0) is 20.8. The number of aromatic nitrogens is 2. The Morgan fingerprint density at radius 3 is 2.37 bits per heavy atom. The molecule has 2 N–H and O–H groups in total. The Labute approximate surface area is 175 Å². The van der Waals surface area contributed by atoms with Crippen LogP contribution in [0.5, 0.6) is 0 Å². The average molecular weight is 401 g/mol. The fraction of sp³-hybridized carbons (Fsp3) is 0.217. The number of benzene rings is 2. The van der Waals surface area contributed by atoms with Crippen LogP contribution in [-0.4, -0.2) is 39.8 Å². The molecule has 2 heterocycles. The van der Waals surface area contributed by atoms with Crippen LogP contribution in [0.4, 0.5) is 17.3 Å². The number of hydrogen-bond donors (Lipinski definition) is 2. The van der Waals surface area contributed by atoms with Gasteiger partial charge in [0.1, 0.15) is 0 Å². The van der Waals surface area contributed by atoms with Crippen LogP contribution in [0, 0.1) is 0 Å². The molecule has 30 heavy (non-hydrogen) atoms. The van der Waals surface area contributed by atoms with Gasteiger partial charge in [0.2, 0.25) is 11.9 Å². The van der Waals surface area contributed by atoms with Crippen LogP contribution < -0.4 is 10.6 Å². The quantitative estimate of drug-likeness (QED) is 0.659. The lowest BCUT2D eigenvalue weighted by Gasteiger charge is -2.15. The molecule has 0 bridgehead atoms. The van der Waals surface area contributed by atoms with Gasteiger partial charge in [-0.15, -0.1) is 0 Å². The molecule has 0 spiro atoms. The van der Waals surface area contributed by atoms with Crippen LogP contribution in [0.2, 0.25) is 0 Å². The van der Waals surface area contributed by atoms with E-state index in [1.54, 1.807) is 36.7 Å². The monoisotopic (exact) mass is 401 g/mol. The fourth-order valence-corrected chi connectivity index (χ4v) is 3.39. The SMILES string of the molecule is O=C(Nc1ccc(CC(=O)N2CCCC2)cc1)c1cccc(Nc2ncccn2)c1. The van der Waals surface area contributed by atoms with Crippen molar-refractivity contribution in [3.8, 4) is 0 Å². The number of carbonyl (C=O) groups excluding carboxylic acids is 2. The molecule has 1 aromatic heterocycles. The Bertz CT molecular complexity index is 1020. The summed E-state index contributed by atoms with van der Waals surface area (Å²) in [6.07, 6.45) is 5.86. The fourth-order valence-electron chi connectivity index (χ4n) is 3.39. The van der Waals surface area contributed by atoms with Gasteiger partial charge in [-0.25, -0.2) is 9.97 Å². The van der Waals surface area contributed by atoms with Crippen molar-refractivity contribution in [2.45, 2.75) is 19.3 Å². The van der Waals surface area contributed by atoms with Gasteiger partial charge < -0.3 is 15.5 Å². The number of likely N-dealkylation sites (tertiary alicyclic amines) is 1. The van der Waals surface area contributed by atoms with Crippen LogP contribution in [0.15, 0.2) is 67.0 Å². The molecule has 0 unspecified atom stereocenters. The number of anilines is 3. The zero-order valence-corrected chi connectivity index (χ0v) is 16.5. The highest BCUT2D eigenvalue weighted by Gasteiger charge is 2.17. The summed E-state index contributed by atoms with van der Waals surface area (Å²) < 4.78 is 0. The van der Waals surface area contributed by atoms with E-state index in [9.17, 15) is 9.59 Å². The topological polar surface area (TPSA) is 87.2 Å². The number of carbonyl (C=O) groups is 2. The molecule has 152 valence electrons. The zero-order valence-electron chi connectivity index (χ0n) is 16.5. The van der Waals surface area contributed by atoms with Crippen molar-refractivity contribution in [1.82, 2.24) is 14.9 Å². The Hall–Kier alpha value is -3.74. The molecule has 2 aromatic carbocycles. The van der Waals surface area contributed by atoms with Crippen LogP contribution in [0.3, 0.4) is 0 Å². The maximum absolute atomic E-state index is 12.6. The predicted octanol–water partition coefficient (Wildman–Crippen LogP) is 3.64. The van der Waals surface area contributed by atoms with Gasteiger partial charge in [-0.1, -0.05) is 18.2 Å². The summed E-state index contributed by atoms with van der Waals surface area (Å²) in [4.78, 5) is 35.0. The summed E-state index contributed by atoms with van der Waals surface area (Å²) in [5, 5.41) is 5.97. The normalized spacial score (nSPS) is 13.1. The van der Waals surface area contributed by atoms with E-state index in [-0.39, 0.29) is 11.8 Å². The summed E-state index contributed by atoms with van der Waals surface area (Å²) >= 11 is 0. The van der Waals surface area contributed by atoms with Gasteiger partial charge in [0, 0.05) is 42.4 Å². The lowest BCUT2D eigenvalue weighted by molar-refractivity contribution is -0.129. The summed E-state index contributed by atoms with van der Waals surface area (Å²) in [5.41, 5.74) is 2.87. The van der Waals surface area contributed by atoms with Crippen molar-refractivity contribution < 1.29 is 9.59 Å². The average Bonchev–Trinajstić information content (AvgIpc) is 3.31. The number of hydrogen-bond acceptors (Lipinski definition) is 5. The molecule has 2 amide bonds. The summed E-state index contributed by atoms with van der Waals surface area (Å²) in [5.74, 6) is 0.415. The Morgan fingerprint density at radius 1 is 0.900 bits per heavy atom. The van der Waals surface area contributed by atoms with Gasteiger partial charge >= 0.3 is 0 Å². The standard InChI is InChI=1S/C23H23N5O2/c29-21(28-13-1-2-14-28)15-17-7-9-19(10-8-17)26-22(30)18-5-3-6-20(16-18)27-23-24-11-4-12-25-23/h3-12,16H,1-2,13-15H2,(H,26,30)(H,24,25,27). The third-order valence-electron chi connectivity index (χ3n) is 4.97. The summed E-state index contributed by atoms with van der Waals surface area (Å²) in [6.45, 7) is 1.72.